The average Bonchev–Trinajstić information content (AvgIpc) is 2.14. The van der Waals surface area contributed by atoms with Gasteiger partial charge in [-0.2, -0.15) is 0 Å². The van der Waals surface area contributed by atoms with E-state index in [1.165, 1.54) is 6.92 Å². The van der Waals surface area contributed by atoms with Crippen LogP contribution in [0.15, 0.2) is 0 Å². The van der Waals surface area contributed by atoms with Gasteiger partial charge in [0.15, 0.2) is 6.10 Å². The summed E-state index contributed by atoms with van der Waals surface area (Å²) in [7, 11) is 0. The van der Waals surface area contributed by atoms with Crippen LogP contribution in [0.2, 0.25) is 0 Å². The molecule has 2 unspecified atom stereocenters. The standard InChI is InChI=1S/C9H17NO4/c1-4-5(2)7(10)9(13)14-6(3)8(11)12/h5-7H,4,10H2,1-3H3,(H,11,12)/t5?,6?,7-/m0/s1. The molecule has 0 amide bonds. The molecule has 0 radical (unpaired) electrons. The number of carboxylic acid groups (broad SMARTS) is 1. The van der Waals surface area contributed by atoms with Crippen molar-refractivity contribution in [3.63, 3.8) is 0 Å². The van der Waals surface area contributed by atoms with E-state index in [1.807, 2.05) is 13.8 Å². The smallest absolute Gasteiger partial charge is 0.344 e. The van der Waals surface area contributed by atoms with Crippen LogP contribution < -0.4 is 5.73 Å². The second-order valence-corrected chi connectivity index (χ2v) is 3.33. The summed E-state index contributed by atoms with van der Waals surface area (Å²) < 4.78 is 4.63. The Morgan fingerprint density at radius 2 is 1.93 bits per heavy atom. The third-order valence-electron chi connectivity index (χ3n) is 2.17. The van der Waals surface area contributed by atoms with Crippen LogP contribution >= 0.6 is 0 Å². The SMILES string of the molecule is CCC(C)[C@H](N)C(=O)OC(C)C(=O)O. The fourth-order valence-corrected chi connectivity index (χ4v) is 0.789. The summed E-state index contributed by atoms with van der Waals surface area (Å²) in [5.41, 5.74) is 5.55. The van der Waals surface area contributed by atoms with Gasteiger partial charge in [0.05, 0.1) is 0 Å². The molecule has 5 nitrogen and oxygen atoms in total. The molecule has 0 aromatic carbocycles. The fourth-order valence-electron chi connectivity index (χ4n) is 0.789. The summed E-state index contributed by atoms with van der Waals surface area (Å²) in [6, 6.07) is -0.748. The highest BCUT2D eigenvalue weighted by atomic mass is 16.6. The van der Waals surface area contributed by atoms with Gasteiger partial charge in [-0.1, -0.05) is 20.3 Å². The minimum absolute atomic E-state index is 0.0107. The summed E-state index contributed by atoms with van der Waals surface area (Å²) in [6.07, 6.45) is -0.393. The number of carbonyl (C=O) groups is 2. The van der Waals surface area contributed by atoms with Crippen LogP contribution in [-0.2, 0) is 14.3 Å². The maximum atomic E-state index is 11.2. The number of ether oxygens (including phenoxy) is 1. The zero-order chi connectivity index (χ0) is 11.3. The predicted octanol–water partition coefficient (Wildman–Crippen LogP) is 0.376. The summed E-state index contributed by atoms with van der Waals surface area (Å²) in [4.78, 5) is 21.6. The minimum atomic E-state index is -1.17. The maximum absolute atomic E-state index is 11.2. The lowest BCUT2D eigenvalue weighted by molar-refractivity contribution is -0.164. The molecule has 0 aromatic heterocycles. The van der Waals surface area contributed by atoms with Gasteiger partial charge in [-0.25, -0.2) is 4.79 Å². The molecule has 0 saturated carbocycles. The van der Waals surface area contributed by atoms with Crippen molar-refractivity contribution in [1.82, 2.24) is 0 Å². The lowest BCUT2D eigenvalue weighted by atomic mass is 10.0. The molecule has 0 aliphatic carbocycles. The average molecular weight is 203 g/mol. The van der Waals surface area contributed by atoms with Crippen molar-refractivity contribution < 1.29 is 19.4 Å². The van der Waals surface area contributed by atoms with E-state index >= 15 is 0 Å². The topological polar surface area (TPSA) is 89.6 Å². The number of carboxylic acids is 1. The molecular weight excluding hydrogens is 186 g/mol. The first kappa shape index (κ1) is 12.9. The van der Waals surface area contributed by atoms with Crippen molar-refractivity contribution in [2.24, 2.45) is 11.7 Å². The van der Waals surface area contributed by atoms with Gasteiger partial charge in [-0.15, -0.1) is 0 Å². The van der Waals surface area contributed by atoms with Gasteiger partial charge < -0.3 is 15.6 Å². The summed E-state index contributed by atoms with van der Waals surface area (Å²) in [6.45, 7) is 5.01. The van der Waals surface area contributed by atoms with Gasteiger partial charge in [0.1, 0.15) is 6.04 Å². The molecule has 82 valence electrons. The molecule has 0 heterocycles. The van der Waals surface area contributed by atoms with Gasteiger partial charge in [-0.3, -0.25) is 4.79 Å². The maximum Gasteiger partial charge on any atom is 0.344 e. The van der Waals surface area contributed by atoms with E-state index in [2.05, 4.69) is 4.74 Å². The van der Waals surface area contributed by atoms with Crippen LogP contribution in [0.1, 0.15) is 27.2 Å². The quantitative estimate of drug-likeness (QED) is 0.630. The Morgan fingerprint density at radius 1 is 1.43 bits per heavy atom. The van der Waals surface area contributed by atoms with E-state index in [0.29, 0.717) is 0 Å². The Bertz CT molecular complexity index is 217. The van der Waals surface area contributed by atoms with Crippen LogP contribution in [0, 0.1) is 5.92 Å². The van der Waals surface area contributed by atoms with Crippen LogP contribution in [0.5, 0.6) is 0 Å². The largest absolute Gasteiger partial charge is 0.479 e. The molecule has 0 saturated heterocycles. The molecule has 0 aromatic rings. The normalized spacial score (nSPS) is 16.9. The van der Waals surface area contributed by atoms with E-state index < -0.39 is 24.1 Å². The number of hydrogen-bond donors (Lipinski definition) is 2. The van der Waals surface area contributed by atoms with E-state index in [4.69, 9.17) is 10.8 Å². The molecular formula is C9H17NO4. The Hall–Kier alpha value is -1.10. The highest BCUT2D eigenvalue weighted by molar-refractivity contribution is 5.80. The summed E-state index contributed by atoms with van der Waals surface area (Å²) in [5.74, 6) is -1.84. The molecule has 0 rings (SSSR count). The van der Waals surface area contributed by atoms with Crippen molar-refractivity contribution in [2.75, 3.05) is 0 Å². The molecule has 3 N–H and O–H groups in total. The third kappa shape index (κ3) is 3.74. The van der Waals surface area contributed by atoms with Gasteiger partial charge in [0.25, 0.3) is 0 Å². The lowest BCUT2D eigenvalue weighted by Gasteiger charge is -2.18. The number of esters is 1. The Morgan fingerprint density at radius 3 is 2.29 bits per heavy atom. The molecule has 3 atom stereocenters. The Labute approximate surface area is 83.2 Å². The zero-order valence-corrected chi connectivity index (χ0v) is 8.69. The number of carbonyl (C=O) groups excluding carboxylic acids is 1. The van der Waals surface area contributed by atoms with Gasteiger partial charge >= 0.3 is 11.9 Å². The Balaban J connectivity index is 4.14. The number of rotatable bonds is 5. The number of hydrogen-bond acceptors (Lipinski definition) is 4. The van der Waals surface area contributed by atoms with Crippen molar-refractivity contribution >= 4 is 11.9 Å². The van der Waals surface area contributed by atoms with Crippen LogP contribution in [-0.4, -0.2) is 29.2 Å². The van der Waals surface area contributed by atoms with Crippen molar-refractivity contribution in [3.05, 3.63) is 0 Å². The van der Waals surface area contributed by atoms with E-state index in [-0.39, 0.29) is 5.92 Å². The molecule has 0 aliphatic heterocycles. The first-order valence-electron chi connectivity index (χ1n) is 4.59. The predicted molar refractivity (Wildman–Crippen MR) is 50.6 cm³/mol. The van der Waals surface area contributed by atoms with E-state index in [0.717, 1.165) is 6.42 Å². The van der Waals surface area contributed by atoms with Gasteiger partial charge in [0, 0.05) is 0 Å². The molecule has 0 fully saturated rings. The highest BCUT2D eigenvalue weighted by Crippen LogP contribution is 2.07. The summed E-state index contributed by atoms with van der Waals surface area (Å²) >= 11 is 0. The monoisotopic (exact) mass is 203 g/mol. The second-order valence-electron chi connectivity index (χ2n) is 3.33. The number of nitrogens with two attached hydrogens (primary N) is 1. The third-order valence-corrected chi connectivity index (χ3v) is 2.17. The Kier molecular flexibility index (Phi) is 5.15. The molecule has 5 heteroatoms. The lowest BCUT2D eigenvalue weighted by Crippen LogP contribution is -2.40. The zero-order valence-electron chi connectivity index (χ0n) is 8.69. The fraction of sp³-hybridized carbons (Fsp3) is 0.778. The van der Waals surface area contributed by atoms with Crippen molar-refractivity contribution in [3.8, 4) is 0 Å². The first-order chi connectivity index (χ1) is 6.40. The van der Waals surface area contributed by atoms with Gasteiger partial charge in [0.2, 0.25) is 0 Å². The molecule has 0 bridgehead atoms. The second kappa shape index (κ2) is 5.59. The first-order valence-corrected chi connectivity index (χ1v) is 4.59. The minimum Gasteiger partial charge on any atom is -0.479 e. The molecule has 14 heavy (non-hydrogen) atoms. The van der Waals surface area contributed by atoms with Gasteiger partial charge in [-0.05, 0) is 12.8 Å². The van der Waals surface area contributed by atoms with Crippen molar-refractivity contribution in [2.45, 2.75) is 39.3 Å². The van der Waals surface area contributed by atoms with Crippen molar-refractivity contribution in [1.29, 1.82) is 0 Å². The van der Waals surface area contributed by atoms with Crippen LogP contribution in [0.4, 0.5) is 0 Å². The van der Waals surface area contributed by atoms with E-state index in [1.54, 1.807) is 0 Å². The van der Waals surface area contributed by atoms with Crippen LogP contribution in [0.25, 0.3) is 0 Å². The van der Waals surface area contributed by atoms with E-state index in [9.17, 15) is 9.59 Å². The van der Waals surface area contributed by atoms with Crippen LogP contribution in [0.3, 0.4) is 0 Å². The molecule has 0 spiro atoms. The summed E-state index contributed by atoms with van der Waals surface area (Å²) in [5, 5.41) is 8.49. The molecule has 0 aliphatic rings. The number of aliphatic carboxylic acids is 1. The highest BCUT2D eigenvalue weighted by Gasteiger charge is 2.24.